The lowest BCUT2D eigenvalue weighted by Gasteiger charge is -2.28. The van der Waals surface area contributed by atoms with Crippen LogP contribution in [0, 0.1) is 5.41 Å². The fourth-order valence-corrected chi connectivity index (χ4v) is 4.24. The average Bonchev–Trinajstić information content (AvgIpc) is 2.61. The van der Waals surface area contributed by atoms with Crippen LogP contribution in [0.2, 0.25) is 0 Å². The number of carbonyl (C=O) groups excluding carboxylic acids is 1. The van der Waals surface area contributed by atoms with Crippen LogP contribution in [0.1, 0.15) is 98.3 Å². The number of phenols is 1. The van der Waals surface area contributed by atoms with Crippen LogP contribution in [-0.2, 0) is 26.8 Å². The topological polar surface area (TPSA) is 46.5 Å². The van der Waals surface area contributed by atoms with Crippen LogP contribution in [0.3, 0.4) is 0 Å². The summed E-state index contributed by atoms with van der Waals surface area (Å²) in [6.45, 7) is 19.9. The lowest BCUT2D eigenvalue weighted by atomic mass is 9.78. The van der Waals surface area contributed by atoms with Gasteiger partial charge in [-0.3, -0.25) is 4.79 Å². The third-order valence-corrected chi connectivity index (χ3v) is 6.72. The molecule has 172 valence electrons. The summed E-state index contributed by atoms with van der Waals surface area (Å²) in [4.78, 5) is 12.2. The number of hydrogen-bond donors (Lipinski definition) is 1. The van der Waals surface area contributed by atoms with E-state index in [1.165, 1.54) is 12.8 Å². The monoisotopic (exact) mass is 436 g/mol. The van der Waals surface area contributed by atoms with E-state index in [9.17, 15) is 9.90 Å². The summed E-state index contributed by atoms with van der Waals surface area (Å²) >= 11 is 1.86. The molecule has 1 aromatic rings. The van der Waals surface area contributed by atoms with Gasteiger partial charge in [0.15, 0.2) is 0 Å². The number of hydrogen-bond acceptors (Lipinski definition) is 4. The predicted molar refractivity (Wildman–Crippen MR) is 131 cm³/mol. The number of carbonyl (C=O) groups is 1. The van der Waals surface area contributed by atoms with Gasteiger partial charge in [-0.1, -0.05) is 80.9 Å². The molecule has 0 aliphatic carbocycles. The van der Waals surface area contributed by atoms with Crippen LogP contribution in [0.25, 0.3) is 0 Å². The van der Waals surface area contributed by atoms with Gasteiger partial charge in [0, 0.05) is 12.2 Å². The van der Waals surface area contributed by atoms with Crippen molar-refractivity contribution in [3.05, 3.63) is 28.8 Å². The van der Waals surface area contributed by atoms with E-state index in [4.69, 9.17) is 4.74 Å². The van der Waals surface area contributed by atoms with Crippen LogP contribution < -0.4 is 0 Å². The van der Waals surface area contributed by atoms with Gasteiger partial charge in [-0.2, -0.15) is 11.8 Å². The van der Waals surface area contributed by atoms with Gasteiger partial charge in [0.05, 0.1) is 0 Å². The zero-order chi connectivity index (χ0) is 23.2. The summed E-state index contributed by atoms with van der Waals surface area (Å²) in [5, 5.41) is 10.8. The van der Waals surface area contributed by atoms with Crippen molar-refractivity contribution in [1.29, 1.82) is 0 Å². The minimum absolute atomic E-state index is 0.146. The number of thioether (sulfide) groups is 1. The van der Waals surface area contributed by atoms with E-state index in [1.807, 2.05) is 23.9 Å². The molecule has 0 heterocycles. The lowest BCUT2D eigenvalue weighted by Crippen LogP contribution is -2.18. The Kier molecular flexibility index (Phi) is 9.79. The number of benzene rings is 1. The minimum Gasteiger partial charge on any atom is -0.507 e. The quantitative estimate of drug-likeness (QED) is 0.316. The molecule has 0 radical (unpaired) electrons. The van der Waals surface area contributed by atoms with Crippen LogP contribution in [0.5, 0.6) is 5.75 Å². The van der Waals surface area contributed by atoms with Crippen molar-refractivity contribution in [2.75, 3.05) is 18.1 Å². The zero-order valence-electron chi connectivity index (χ0n) is 20.8. The molecule has 0 fully saturated rings. The maximum absolute atomic E-state index is 12.2. The lowest BCUT2D eigenvalue weighted by molar-refractivity contribution is -0.142. The molecule has 1 rings (SSSR count). The maximum Gasteiger partial charge on any atom is 0.306 e. The molecule has 0 saturated heterocycles. The molecule has 1 aromatic carbocycles. The second-order valence-corrected chi connectivity index (χ2v) is 12.4. The summed E-state index contributed by atoms with van der Waals surface area (Å²) < 4.78 is 5.43. The first-order valence-corrected chi connectivity index (χ1v) is 12.4. The average molecular weight is 437 g/mol. The van der Waals surface area contributed by atoms with Crippen LogP contribution in [-0.4, -0.2) is 29.2 Å². The Bertz CT molecular complexity index is 658. The Morgan fingerprint density at radius 2 is 1.50 bits per heavy atom. The third kappa shape index (κ3) is 8.91. The Morgan fingerprint density at radius 1 is 0.967 bits per heavy atom. The summed E-state index contributed by atoms with van der Waals surface area (Å²) in [5.41, 5.74) is 3.02. The van der Waals surface area contributed by atoms with Crippen LogP contribution in [0.15, 0.2) is 12.1 Å². The molecule has 0 aromatic heterocycles. The van der Waals surface area contributed by atoms with E-state index in [1.54, 1.807) is 0 Å². The van der Waals surface area contributed by atoms with Gasteiger partial charge in [-0.25, -0.2) is 0 Å². The van der Waals surface area contributed by atoms with E-state index in [0.717, 1.165) is 28.2 Å². The van der Waals surface area contributed by atoms with Gasteiger partial charge in [-0.15, -0.1) is 0 Å². The summed E-state index contributed by atoms with van der Waals surface area (Å²) in [7, 11) is 0. The first kappa shape index (κ1) is 26.9. The third-order valence-electron chi connectivity index (χ3n) is 5.77. The van der Waals surface area contributed by atoms with Crippen LogP contribution in [0.4, 0.5) is 0 Å². The van der Waals surface area contributed by atoms with Crippen molar-refractivity contribution in [2.24, 2.45) is 5.41 Å². The van der Waals surface area contributed by atoms with Crippen molar-refractivity contribution >= 4 is 17.7 Å². The first-order valence-electron chi connectivity index (χ1n) is 11.3. The summed E-state index contributed by atoms with van der Waals surface area (Å²) in [6.07, 6.45) is 3.37. The molecule has 0 saturated carbocycles. The number of aryl methyl sites for hydroxylation is 1. The van der Waals surface area contributed by atoms with Crippen molar-refractivity contribution in [2.45, 2.75) is 98.8 Å². The molecular formula is C26H44O3S. The van der Waals surface area contributed by atoms with E-state index in [2.05, 4.69) is 62.3 Å². The molecule has 0 amide bonds. The van der Waals surface area contributed by atoms with Gasteiger partial charge >= 0.3 is 5.97 Å². The summed E-state index contributed by atoms with van der Waals surface area (Å²) in [6, 6.07) is 4.09. The number of aromatic hydroxyl groups is 1. The summed E-state index contributed by atoms with van der Waals surface area (Å²) in [5.74, 6) is 2.20. The van der Waals surface area contributed by atoms with E-state index < -0.39 is 0 Å². The number of esters is 1. The highest BCUT2D eigenvalue weighted by Gasteiger charge is 2.26. The molecule has 0 spiro atoms. The molecule has 30 heavy (non-hydrogen) atoms. The Balaban J connectivity index is 2.60. The molecule has 0 atom stereocenters. The normalized spacial score (nSPS) is 12.8. The van der Waals surface area contributed by atoms with Gasteiger partial charge in [0.1, 0.15) is 12.4 Å². The second kappa shape index (κ2) is 10.9. The fraction of sp³-hybridized carbons (Fsp3) is 0.731. The van der Waals surface area contributed by atoms with E-state index in [-0.39, 0.29) is 16.8 Å². The molecule has 0 aliphatic rings. The van der Waals surface area contributed by atoms with Crippen molar-refractivity contribution in [3.8, 4) is 5.75 Å². The maximum atomic E-state index is 12.2. The predicted octanol–water partition coefficient (Wildman–Crippen LogP) is 7.02. The Hall–Kier alpha value is -1.16. The van der Waals surface area contributed by atoms with Gasteiger partial charge < -0.3 is 9.84 Å². The molecule has 0 bridgehead atoms. The molecular weight excluding hydrogens is 392 g/mol. The number of ether oxygens (including phenoxy) is 1. The van der Waals surface area contributed by atoms with Crippen molar-refractivity contribution in [3.63, 3.8) is 0 Å². The standard InChI is InChI=1S/C26H44O3S/c1-10-26(8,9)13-15-30-16-14-29-22(27)12-11-19-17-20(24(2,3)4)23(28)21(18-19)25(5,6)7/h17-18,28H,10-16H2,1-9H3. The zero-order valence-corrected chi connectivity index (χ0v) is 21.6. The van der Waals surface area contributed by atoms with Crippen molar-refractivity contribution < 1.29 is 14.6 Å². The second-order valence-electron chi connectivity index (χ2n) is 11.1. The molecule has 0 aliphatic heterocycles. The Morgan fingerprint density at radius 3 is 1.97 bits per heavy atom. The highest BCUT2D eigenvalue weighted by Crippen LogP contribution is 2.40. The first-order chi connectivity index (χ1) is 13.7. The van der Waals surface area contributed by atoms with Crippen LogP contribution >= 0.6 is 11.8 Å². The molecule has 1 N–H and O–H groups in total. The number of phenolic OH excluding ortho intramolecular Hbond substituents is 1. The highest BCUT2D eigenvalue weighted by atomic mass is 32.2. The molecule has 0 unspecified atom stereocenters. The van der Waals surface area contributed by atoms with Crippen molar-refractivity contribution in [1.82, 2.24) is 0 Å². The minimum atomic E-state index is -0.163. The van der Waals surface area contributed by atoms with Gasteiger partial charge in [0.25, 0.3) is 0 Å². The molecule has 4 heteroatoms. The fourth-order valence-electron chi connectivity index (χ4n) is 3.14. The smallest absolute Gasteiger partial charge is 0.306 e. The number of rotatable bonds is 10. The molecule has 3 nitrogen and oxygen atoms in total. The van der Waals surface area contributed by atoms with E-state index in [0.29, 0.717) is 30.6 Å². The SMILES string of the molecule is CCC(C)(C)CCSCCOC(=O)CCc1cc(C(C)(C)C)c(O)c(C(C)(C)C)c1. The van der Waals surface area contributed by atoms with Gasteiger partial charge in [0.2, 0.25) is 0 Å². The van der Waals surface area contributed by atoms with Gasteiger partial charge in [-0.05, 0) is 51.5 Å². The highest BCUT2D eigenvalue weighted by molar-refractivity contribution is 7.99. The Labute approximate surface area is 189 Å². The largest absolute Gasteiger partial charge is 0.507 e. The van der Waals surface area contributed by atoms with E-state index >= 15 is 0 Å².